The summed E-state index contributed by atoms with van der Waals surface area (Å²) in [6, 6.07) is 7.65. The fraction of sp³-hybridized carbons (Fsp3) is 0.471. The van der Waals surface area contributed by atoms with E-state index >= 15 is 0 Å². The molecule has 0 bridgehead atoms. The Kier molecular flexibility index (Phi) is 6.92. The van der Waals surface area contributed by atoms with Crippen LogP contribution in [0, 0.1) is 0 Å². The molecule has 8 heteroatoms. The molecular formula is C17H23ClN4O3. The molecule has 2 unspecified atom stereocenters. The number of nitrogens with one attached hydrogen (secondary N) is 2. The molecule has 25 heavy (non-hydrogen) atoms. The van der Waals surface area contributed by atoms with Crippen molar-refractivity contribution in [3.8, 4) is 11.5 Å². The van der Waals surface area contributed by atoms with E-state index in [4.69, 9.17) is 9.26 Å². The Balaban J connectivity index is 0.00000225. The lowest BCUT2D eigenvalue weighted by Gasteiger charge is -2.10. The Morgan fingerprint density at radius 1 is 1.44 bits per heavy atom. The Bertz CT molecular complexity index is 701. The number of rotatable bonds is 6. The number of nitrogens with zero attached hydrogens (tertiary/aromatic N) is 2. The second-order valence-electron chi connectivity index (χ2n) is 5.98. The molecule has 136 valence electrons. The highest BCUT2D eigenvalue weighted by atomic mass is 35.5. The van der Waals surface area contributed by atoms with Gasteiger partial charge in [-0.2, -0.15) is 4.98 Å². The van der Waals surface area contributed by atoms with Gasteiger partial charge < -0.3 is 19.9 Å². The number of ether oxygens (including phenoxy) is 1. The molecule has 2 heterocycles. The first-order valence-electron chi connectivity index (χ1n) is 8.18. The number of amides is 1. The third kappa shape index (κ3) is 5.01. The van der Waals surface area contributed by atoms with Gasteiger partial charge in [0.15, 0.2) is 5.82 Å². The highest BCUT2D eigenvalue weighted by Gasteiger charge is 2.23. The van der Waals surface area contributed by atoms with Crippen LogP contribution in [0.5, 0.6) is 0 Å². The predicted molar refractivity (Wildman–Crippen MR) is 96.8 cm³/mol. The number of hydrogen-bond donors (Lipinski definition) is 2. The van der Waals surface area contributed by atoms with Crippen molar-refractivity contribution < 1.29 is 14.1 Å². The van der Waals surface area contributed by atoms with Crippen molar-refractivity contribution in [1.29, 1.82) is 0 Å². The van der Waals surface area contributed by atoms with Gasteiger partial charge in [-0.05, 0) is 45.0 Å². The van der Waals surface area contributed by atoms with E-state index in [1.54, 1.807) is 0 Å². The molecule has 0 spiro atoms. The van der Waals surface area contributed by atoms with Gasteiger partial charge in [-0.15, -0.1) is 12.4 Å². The zero-order chi connectivity index (χ0) is 16.9. The summed E-state index contributed by atoms with van der Waals surface area (Å²) >= 11 is 0. The minimum Gasteiger partial charge on any atom is -0.368 e. The van der Waals surface area contributed by atoms with Gasteiger partial charge in [-0.1, -0.05) is 11.2 Å². The highest BCUT2D eigenvalue weighted by Crippen LogP contribution is 2.22. The third-order valence-corrected chi connectivity index (χ3v) is 4.05. The van der Waals surface area contributed by atoms with Gasteiger partial charge in [0, 0.05) is 30.3 Å². The van der Waals surface area contributed by atoms with Crippen molar-refractivity contribution in [1.82, 2.24) is 15.5 Å². The smallest absolute Gasteiger partial charge is 0.257 e. The molecule has 1 aromatic carbocycles. The summed E-state index contributed by atoms with van der Waals surface area (Å²) < 4.78 is 10.7. The van der Waals surface area contributed by atoms with E-state index in [1.807, 2.05) is 31.3 Å². The lowest BCUT2D eigenvalue weighted by molar-refractivity contribution is -0.124. The molecule has 1 aromatic heterocycles. The molecule has 7 nitrogen and oxygen atoms in total. The minimum atomic E-state index is -0.355. The molecule has 1 aliphatic heterocycles. The van der Waals surface area contributed by atoms with Gasteiger partial charge in [0.05, 0.1) is 0 Å². The maximum Gasteiger partial charge on any atom is 0.257 e. The van der Waals surface area contributed by atoms with Crippen LogP contribution in [0.2, 0.25) is 0 Å². The lowest BCUT2D eigenvalue weighted by atomic mass is 10.2. The number of aromatic nitrogens is 2. The molecule has 2 aromatic rings. The average molecular weight is 367 g/mol. The Labute approximate surface area is 152 Å². The van der Waals surface area contributed by atoms with E-state index in [-0.39, 0.29) is 30.5 Å². The van der Waals surface area contributed by atoms with Crippen molar-refractivity contribution >= 4 is 24.0 Å². The van der Waals surface area contributed by atoms with Gasteiger partial charge in [0.1, 0.15) is 6.10 Å². The summed E-state index contributed by atoms with van der Waals surface area (Å²) in [6.45, 7) is 2.70. The van der Waals surface area contributed by atoms with Gasteiger partial charge >= 0.3 is 0 Å². The Hall–Kier alpha value is -1.96. The van der Waals surface area contributed by atoms with Crippen LogP contribution in [-0.4, -0.2) is 41.8 Å². The molecule has 1 amide bonds. The standard InChI is InChI=1S/C17H22N4O3.ClH/c1-11(18-2)9-15-20-17(24-21-15)12-5-3-6-13(10-12)19-16(22)14-7-4-8-23-14;/h3,5-6,10-11,14,18H,4,7-9H2,1-2H3,(H,19,22);1H. The largest absolute Gasteiger partial charge is 0.368 e. The fourth-order valence-electron chi connectivity index (χ4n) is 2.57. The predicted octanol–water partition coefficient (Wildman–Crippen LogP) is 2.43. The van der Waals surface area contributed by atoms with E-state index in [0.717, 1.165) is 18.4 Å². The van der Waals surface area contributed by atoms with E-state index in [2.05, 4.69) is 27.7 Å². The summed E-state index contributed by atoms with van der Waals surface area (Å²) in [7, 11) is 1.89. The molecule has 0 aliphatic carbocycles. The highest BCUT2D eigenvalue weighted by molar-refractivity contribution is 5.94. The van der Waals surface area contributed by atoms with Crippen LogP contribution in [0.1, 0.15) is 25.6 Å². The number of likely N-dealkylation sites (N-methyl/N-ethyl adjacent to an activating group) is 1. The molecule has 2 N–H and O–H groups in total. The molecule has 2 atom stereocenters. The molecule has 1 aliphatic rings. The third-order valence-electron chi connectivity index (χ3n) is 4.05. The normalized spacial score (nSPS) is 17.8. The number of carbonyl (C=O) groups is 1. The van der Waals surface area contributed by atoms with E-state index in [0.29, 0.717) is 30.4 Å². The van der Waals surface area contributed by atoms with Crippen molar-refractivity contribution in [2.75, 3.05) is 19.0 Å². The zero-order valence-electron chi connectivity index (χ0n) is 14.3. The number of hydrogen-bond acceptors (Lipinski definition) is 6. The summed E-state index contributed by atoms with van der Waals surface area (Å²) in [5.74, 6) is 0.987. The van der Waals surface area contributed by atoms with Crippen LogP contribution < -0.4 is 10.6 Å². The van der Waals surface area contributed by atoms with Crippen molar-refractivity contribution in [3.05, 3.63) is 30.1 Å². The quantitative estimate of drug-likeness (QED) is 0.816. The average Bonchev–Trinajstić information content (AvgIpc) is 3.27. The zero-order valence-corrected chi connectivity index (χ0v) is 15.1. The number of anilines is 1. The molecule has 0 saturated carbocycles. The van der Waals surface area contributed by atoms with Crippen LogP contribution in [0.15, 0.2) is 28.8 Å². The van der Waals surface area contributed by atoms with Gasteiger partial charge in [-0.3, -0.25) is 4.79 Å². The summed E-state index contributed by atoms with van der Waals surface area (Å²) in [6.07, 6.45) is 2.03. The lowest BCUT2D eigenvalue weighted by Crippen LogP contribution is -2.26. The van der Waals surface area contributed by atoms with Crippen LogP contribution in [0.25, 0.3) is 11.5 Å². The fourth-order valence-corrected chi connectivity index (χ4v) is 2.57. The van der Waals surface area contributed by atoms with Crippen LogP contribution in [0.3, 0.4) is 0 Å². The van der Waals surface area contributed by atoms with Crippen molar-refractivity contribution in [3.63, 3.8) is 0 Å². The molecular weight excluding hydrogens is 344 g/mol. The molecule has 1 fully saturated rings. The van der Waals surface area contributed by atoms with E-state index < -0.39 is 0 Å². The molecule has 3 rings (SSSR count). The monoisotopic (exact) mass is 366 g/mol. The minimum absolute atomic E-state index is 0. The Morgan fingerprint density at radius 2 is 2.28 bits per heavy atom. The number of benzene rings is 1. The topological polar surface area (TPSA) is 89.3 Å². The first-order chi connectivity index (χ1) is 11.7. The summed E-state index contributed by atoms with van der Waals surface area (Å²) in [5.41, 5.74) is 1.47. The summed E-state index contributed by atoms with van der Waals surface area (Å²) in [4.78, 5) is 16.5. The van der Waals surface area contributed by atoms with Crippen molar-refractivity contribution in [2.24, 2.45) is 0 Å². The number of carbonyl (C=O) groups excluding carboxylic acids is 1. The van der Waals surface area contributed by atoms with Crippen LogP contribution in [-0.2, 0) is 16.0 Å². The second kappa shape index (κ2) is 8.94. The van der Waals surface area contributed by atoms with Gasteiger partial charge in [-0.25, -0.2) is 0 Å². The first kappa shape index (κ1) is 19.4. The first-order valence-corrected chi connectivity index (χ1v) is 8.18. The van der Waals surface area contributed by atoms with Gasteiger partial charge in [0.25, 0.3) is 11.8 Å². The second-order valence-corrected chi connectivity index (χ2v) is 5.98. The number of halogens is 1. The van der Waals surface area contributed by atoms with Crippen LogP contribution >= 0.6 is 12.4 Å². The van der Waals surface area contributed by atoms with E-state index in [9.17, 15) is 4.79 Å². The van der Waals surface area contributed by atoms with Crippen molar-refractivity contribution in [2.45, 2.75) is 38.3 Å². The maximum atomic E-state index is 12.1. The van der Waals surface area contributed by atoms with Crippen LogP contribution in [0.4, 0.5) is 5.69 Å². The van der Waals surface area contributed by atoms with E-state index in [1.165, 1.54) is 0 Å². The molecule has 1 saturated heterocycles. The SMILES string of the molecule is CNC(C)Cc1noc(-c2cccc(NC(=O)C3CCCO3)c2)n1.Cl. The molecule has 0 radical (unpaired) electrons. The summed E-state index contributed by atoms with van der Waals surface area (Å²) in [5, 5.41) is 10.0. The van der Waals surface area contributed by atoms with Gasteiger partial charge in [0.2, 0.25) is 0 Å². The maximum absolute atomic E-state index is 12.1. The Morgan fingerprint density at radius 3 is 3.00 bits per heavy atom.